The van der Waals surface area contributed by atoms with Gasteiger partial charge in [-0.1, -0.05) is 33.1 Å². The number of rotatable bonds is 7. The van der Waals surface area contributed by atoms with Crippen molar-refractivity contribution in [3.63, 3.8) is 0 Å². The second-order valence-electron chi connectivity index (χ2n) is 7.32. The molecule has 1 aromatic rings. The van der Waals surface area contributed by atoms with Crippen molar-refractivity contribution < 1.29 is 19.4 Å². The standard InChI is InChI=1S/C20H28O4/c1-20(2,15-7-5-4-6-8-15)19(23)10-9-18(22)14-11-16(21)13-17(12-14)24-3/h11-13,15,21H,4-10H2,1-3H3. The van der Waals surface area contributed by atoms with E-state index in [1.807, 2.05) is 13.8 Å². The molecular formula is C20H28O4. The van der Waals surface area contributed by atoms with Crippen LogP contribution in [0.5, 0.6) is 11.5 Å². The molecule has 1 aliphatic rings. The first-order chi connectivity index (χ1) is 11.3. The van der Waals surface area contributed by atoms with Gasteiger partial charge in [0.25, 0.3) is 0 Å². The van der Waals surface area contributed by atoms with Gasteiger partial charge in [0.1, 0.15) is 17.3 Å². The molecule has 132 valence electrons. The Kier molecular flexibility index (Phi) is 6.03. The molecule has 4 heteroatoms. The molecule has 0 aromatic heterocycles. The first kappa shape index (κ1) is 18.5. The van der Waals surface area contributed by atoms with Crippen LogP contribution >= 0.6 is 0 Å². The van der Waals surface area contributed by atoms with Crippen molar-refractivity contribution in [3.8, 4) is 11.5 Å². The molecular weight excluding hydrogens is 304 g/mol. The lowest BCUT2D eigenvalue weighted by Gasteiger charge is -2.35. The molecule has 0 radical (unpaired) electrons. The summed E-state index contributed by atoms with van der Waals surface area (Å²) >= 11 is 0. The van der Waals surface area contributed by atoms with Crippen LogP contribution in [0.4, 0.5) is 0 Å². The Hall–Kier alpha value is -1.84. The molecule has 0 bridgehead atoms. The van der Waals surface area contributed by atoms with Crippen molar-refractivity contribution in [2.75, 3.05) is 7.11 Å². The number of Topliss-reactive ketones (excluding diaryl/α,β-unsaturated/α-hetero) is 2. The maximum atomic E-state index is 12.7. The third-order valence-corrected chi connectivity index (χ3v) is 5.37. The summed E-state index contributed by atoms with van der Waals surface area (Å²) in [5, 5.41) is 9.65. The minimum Gasteiger partial charge on any atom is -0.508 e. The summed E-state index contributed by atoms with van der Waals surface area (Å²) in [5.41, 5.74) is 0.0205. The van der Waals surface area contributed by atoms with Gasteiger partial charge in [0.15, 0.2) is 5.78 Å². The number of benzene rings is 1. The molecule has 0 aliphatic heterocycles. The maximum Gasteiger partial charge on any atom is 0.163 e. The van der Waals surface area contributed by atoms with Gasteiger partial charge in [-0.3, -0.25) is 9.59 Å². The van der Waals surface area contributed by atoms with Crippen molar-refractivity contribution >= 4 is 11.6 Å². The highest BCUT2D eigenvalue weighted by atomic mass is 16.5. The Morgan fingerprint density at radius 1 is 1.12 bits per heavy atom. The summed E-state index contributed by atoms with van der Waals surface area (Å²) in [5.74, 6) is 0.875. The van der Waals surface area contributed by atoms with Gasteiger partial charge in [-0.2, -0.15) is 0 Å². The van der Waals surface area contributed by atoms with Gasteiger partial charge in [0, 0.05) is 29.9 Å². The van der Waals surface area contributed by atoms with Crippen molar-refractivity contribution in [2.45, 2.75) is 58.8 Å². The molecule has 0 atom stereocenters. The summed E-state index contributed by atoms with van der Waals surface area (Å²) in [6.07, 6.45) is 6.29. The minimum atomic E-state index is -0.364. The summed E-state index contributed by atoms with van der Waals surface area (Å²) in [4.78, 5) is 25.0. The highest BCUT2D eigenvalue weighted by Gasteiger charge is 2.36. The normalized spacial score (nSPS) is 16.0. The smallest absolute Gasteiger partial charge is 0.163 e. The molecule has 0 unspecified atom stereocenters. The summed E-state index contributed by atoms with van der Waals surface area (Å²) in [6.45, 7) is 4.04. The van der Waals surface area contributed by atoms with Crippen LogP contribution in [0, 0.1) is 11.3 Å². The molecule has 1 saturated carbocycles. The van der Waals surface area contributed by atoms with E-state index in [-0.39, 0.29) is 35.6 Å². The van der Waals surface area contributed by atoms with Gasteiger partial charge < -0.3 is 9.84 Å². The van der Waals surface area contributed by atoms with E-state index in [0.29, 0.717) is 17.2 Å². The van der Waals surface area contributed by atoms with E-state index in [1.54, 1.807) is 6.07 Å². The van der Waals surface area contributed by atoms with Crippen LogP contribution in [-0.4, -0.2) is 23.8 Å². The number of hydrogen-bond donors (Lipinski definition) is 1. The zero-order valence-electron chi connectivity index (χ0n) is 14.9. The lowest BCUT2D eigenvalue weighted by atomic mass is 9.68. The van der Waals surface area contributed by atoms with Crippen molar-refractivity contribution in [1.82, 2.24) is 0 Å². The zero-order chi connectivity index (χ0) is 17.7. The number of ketones is 2. The van der Waals surface area contributed by atoms with Crippen LogP contribution in [0.2, 0.25) is 0 Å². The van der Waals surface area contributed by atoms with E-state index in [0.717, 1.165) is 12.8 Å². The van der Waals surface area contributed by atoms with Crippen molar-refractivity contribution in [3.05, 3.63) is 23.8 Å². The number of hydrogen-bond acceptors (Lipinski definition) is 4. The Morgan fingerprint density at radius 2 is 1.79 bits per heavy atom. The third kappa shape index (κ3) is 4.37. The highest BCUT2D eigenvalue weighted by Crippen LogP contribution is 2.39. The highest BCUT2D eigenvalue weighted by molar-refractivity contribution is 5.99. The second kappa shape index (κ2) is 7.82. The maximum absolute atomic E-state index is 12.7. The van der Waals surface area contributed by atoms with Crippen molar-refractivity contribution in [1.29, 1.82) is 0 Å². The molecule has 4 nitrogen and oxygen atoms in total. The van der Waals surface area contributed by atoms with Crippen molar-refractivity contribution in [2.24, 2.45) is 11.3 Å². The molecule has 1 fully saturated rings. The number of ether oxygens (including phenoxy) is 1. The number of methoxy groups -OCH3 is 1. The fourth-order valence-corrected chi connectivity index (χ4v) is 3.61. The molecule has 2 rings (SSSR count). The van der Waals surface area contributed by atoms with Crippen LogP contribution in [0.15, 0.2) is 18.2 Å². The minimum absolute atomic E-state index is 0.00781. The molecule has 0 spiro atoms. The van der Waals surface area contributed by atoms with E-state index in [4.69, 9.17) is 4.74 Å². The van der Waals surface area contributed by atoms with E-state index in [2.05, 4.69) is 0 Å². The van der Waals surface area contributed by atoms with Crippen LogP contribution in [-0.2, 0) is 4.79 Å². The fourth-order valence-electron chi connectivity index (χ4n) is 3.61. The van der Waals surface area contributed by atoms with Gasteiger partial charge in [0.2, 0.25) is 0 Å². The molecule has 0 amide bonds. The van der Waals surface area contributed by atoms with Gasteiger partial charge in [-0.25, -0.2) is 0 Å². The van der Waals surface area contributed by atoms with Crippen LogP contribution < -0.4 is 4.74 Å². The number of carbonyl (C=O) groups excluding carboxylic acids is 2. The average Bonchev–Trinajstić information content (AvgIpc) is 2.59. The van der Waals surface area contributed by atoms with Gasteiger partial charge in [0.05, 0.1) is 7.11 Å². The molecule has 0 saturated heterocycles. The number of aromatic hydroxyl groups is 1. The quantitative estimate of drug-likeness (QED) is 0.745. The second-order valence-corrected chi connectivity index (χ2v) is 7.32. The number of carbonyl (C=O) groups is 2. The Labute approximate surface area is 144 Å². The Bertz CT molecular complexity index is 598. The lowest BCUT2D eigenvalue weighted by molar-refractivity contribution is -0.130. The van der Waals surface area contributed by atoms with Crippen LogP contribution in [0.3, 0.4) is 0 Å². The average molecular weight is 332 g/mol. The first-order valence-electron chi connectivity index (χ1n) is 8.79. The van der Waals surface area contributed by atoms with Crippen LogP contribution in [0.25, 0.3) is 0 Å². The number of phenols is 1. The Morgan fingerprint density at radius 3 is 2.42 bits per heavy atom. The molecule has 1 N–H and O–H groups in total. The van der Waals surface area contributed by atoms with E-state index >= 15 is 0 Å². The predicted molar refractivity (Wildman–Crippen MR) is 93.6 cm³/mol. The topological polar surface area (TPSA) is 63.6 Å². The van der Waals surface area contributed by atoms with Crippen LogP contribution in [0.1, 0.15) is 69.2 Å². The number of phenolic OH excluding ortho intramolecular Hbond substituents is 1. The van der Waals surface area contributed by atoms with E-state index in [9.17, 15) is 14.7 Å². The van der Waals surface area contributed by atoms with E-state index < -0.39 is 0 Å². The summed E-state index contributed by atoms with van der Waals surface area (Å²) < 4.78 is 5.07. The fraction of sp³-hybridized carbons (Fsp3) is 0.600. The molecule has 0 heterocycles. The largest absolute Gasteiger partial charge is 0.508 e. The summed E-state index contributed by atoms with van der Waals surface area (Å²) in [7, 11) is 1.49. The Balaban J connectivity index is 1.97. The van der Waals surface area contributed by atoms with Gasteiger partial charge in [-0.15, -0.1) is 0 Å². The van der Waals surface area contributed by atoms with Gasteiger partial charge >= 0.3 is 0 Å². The third-order valence-electron chi connectivity index (χ3n) is 5.37. The van der Waals surface area contributed by atoms with Gasteiger partial charge in [-0.05, 0) is 30.9 Å². The summed E-state index contributed by atoms with van der Waals surface area (Å²) in [6, 6.07) is 4.47. The monoisotopic (exact) mass is 332 g/mol. The molecule has 1 aromatic carbocycles. The molecule has 1 aliphatic carbocycles. The molecule has 24 heavy (non-hydrogen) atoms. The predicted octanol–water partition coefficient (Wildman–Crippen LogP) is 4.54. The SMILES string of the molecule is COc1cc(O)cc(C(=O)CCC(=O)C(C)(C)C2CCCCC2)c1. The first-order valence-corrected chi connectivity index (χ1v) is 8.79. The lowest BCUT2D eigenvalue weighted by Crippen LogP contribution is -2.34. The van der Waals surface area contributed by atoms with E-state index in [1.165, 1.54) is 38.5 Å². The zero-order valence-corrected chi connectivity index (χ0v) is 14.9.